The number of benzene rings is 1. The maximum absolute atomic E-state index is 11.7. The molecule has 1 saturated heterocycles. The Morgan fingerprint density at radius 2 is 1.92 bits per heavy atom. The van der Waals surface area contributed by atoms with Gasteiger partial charge in [0.1, 0.15) is 0 Å². The molecule has 0 amide bonds. The number of anilines is 1. The summed E-state index contributed by atoms with van der Waals surface area (Å²) >= 11 is 0. The van der Waals surface area contributed by atoms with Crippen molar-refractivity contribution in [2.45, 2.75) is 19.1 Å². The Morgan fingerprint density at radius 1 is 1.25 bits per heavy atom. The molecule has 130 valence electrons. The number of esters is 1. The van der Waals surface area contributed by atoms with E-state index < -0.39 is 5.97 Å². The largest absolute Gasteiger partial charge is 0.465 e. The highest BCUT2D eigenvalue weighted by atomic mass is 16.7. The second-order valence-corrected chi connectivity index (χ2v) is 6.75. The quantitative estimate of drug-likeness (QED) is 0.451. The van der Waals surface area contributed by atoms with Gasteiger partial charge in [-0.1, -0.05) is 0 Å². The first-order valence-electron chi connectivity index (χ1n) is 8.04. The van der Waals surface area contributed by atoms with E-state index in [1.807, 2.05) is 6.07 Å². The van der Waals surface area contributed by atoms with Crippen molar-refractivity contribution in [1.82, 2.24) is 0 Å². The van der Waals surface area contributed by atoms with Crippen LogP contribution < -0.4 is 4.90 Å². The summed E-state index contributed by atoms with van der Waals surface area (Å²) in [6.07, 6.45) is 2.77. The summed E-state index contributed by atoms with van der Waals surface area (Å²) in [6, 6.07) is 5.29. The van der Waals surface area contributed by atoms with Crippen molar-refractivity contribution in [3.63, 3.8) is 0 Å². The van der Waals surface area contributed by atoms with E-state index in [0.29, 0.717) is 28.7 Å². The summed E-state index contributed by atoms with van der Waals surface area (Å²) in [6.45, 7) is 1.92. The van der Waals surface area contributed by atoms with Crippen LogP contribution in [0.2, 0.25) is 0 Å². The van der Waals surface area contributed by atoms with Crippen molar-refractivity contribution in [2.24, 2.45) is 11.3 Å². The molecule has 6 heteroatoms. The monoisotopic (exact) mass is 333 g/mol. The first-order valence-corrected chi connectivity index (χ1v) is 8.04. The molecule has 24 heavy (non-hydrogen) atoms. The van der Waals surface area contributed by atoms with Crippen molar-refractivity contribution in [3.8, 4) is 0 Å². The number of carbonyl (C=O) groups is 2. The van der Waals surface area contributed by atoms with Crippen molar-refractivity contribution >= 4 is 17.9 Å². The highest BCUT2D eigenvalue weighted by Gasteiger charge is 2.54. The standard InChI is InChI=1S/C18H23NO5/c1-22-16(21)15-5-4-14(6-12(15)9-20)19-10-18(11-19)7-13(8-18)17(23-2)24-3/h4-6,9,13,17H,7-8,10-11H2,1-3H3. The van der Waals surface area contributed by atoms with Crippen molar-refractivity contribution in [2.75, 3.05) is 39.3 Å². The summed E-state index contributed by atoms with van der Waals surface area (Å²) < 4.78 is 15.4. The van der Waals surface area contributed by atoms with Crippen LogP contribution in [-0.4, -0.2) is 53.0 Å². The number of ether oxygens (including phenoxy) is 3. The number of rotatable bonds is 6. The molecule has 2 fully saturated rings. The van der Waals surface area contributed by atoms with Crippen LogP contribution >= 0.6 is 0 Å². The Morgan fingerprint density at radius 3 is 2.46 bits per heavy atom. The fourth-order valence-electron chi connectivity index (χ4n) is 4.07. The number of methoxy groups -OCH3 is 3. The third-order valence-corrected chi connectivity index (χ3v) is 5.23. The van der Waals surface area contributed by atoms with E-state index in [1.165, 1.54) is 7.11 Å². The van der Waals surface area contributed by atoms with E-state index >= 15 is 0 Å². The lowest BCUT2D eigenvalue weighted by atomic mass is 9.57. The highest BCUT2D eigenvalue weighted by molar-refractivity contribution is 5.99. The van der Waals surface area contributed by atoms with Gasteiger partial charge < -0.3 is 19.1 Å². The third-order valence-electron chi connectivity index (χ3n) is 5.23. The molecule has 1 spiro atoms. The van der Waals surface area contributed by atoms with Gasteiger partial charge in [0.2, 0.25) is 0 Å². The molecule has 1 aliphatic carbocycles. The fraction of sp³-hybridized carbons (Fsp3) is 0.556. The smallest absolute Gasteiger partial charge is 0.338 e. The number of carbonyl (C=O) groups excluding carboxylic acids is 2. The van der Waals surface area contributed by atoms with Gasteiger partial charge >= 0.3 is 5.97 Å². The van der Waals surface area contributed by atoms with E-state index in [9.17, 15) is 9.59 Å². The molecular formula is C18H23NO5. The lowest BCUT2D eigenvalue weighted by Gasteiger charge is -2.60. The van der Waals surface area contributed by atoms with Gasteiger partial charge in [0, 0.05) is 49.9 Å². The summed E-state index contributed by atoms with van der Waals surface area (Å²) in [5.74, 6) is -0.0369. The van der Waals surface area contributed by atoms with Gasteiger partial charge in [0.25, 0.3) is 0 Å². The zero-order chi connectivity index (χ0) is 17.3. The van der Waals surface area contributed by atoms with E-state index in [2.05, 4.69) is 4.90 Å². The first-order chi connectivity index (χ1) is 11.6. The lowest BCUT2D eigenvalue weighted by Crippen LogP contribution is -2.64. The Kier molecular flexibility index (Phi) is 4.60. The predicted octanol–water partition coefficient (Wildman–Crippen LogP) is 2.12. The molecular weight excluding hydrogens is 310 g/mol. The fourth-order valence-corrected chi connectivity index (χ4v) is 4.07. The molecule has 1 aliphatic heterocycles. The highest BCUT2D eigenvalue weighted by Crippen LogP contribution is 2.54. The third kappa shape index (κ3) is 2.80. The van der Waals surface area contributed by atoms with Crippen LogP contribution in [0, 0.1) is 11.3 Å². The predicted molar refractivity (Wildman–Crippen MR) is 88.3 cm³/mol. The molecule has 0 N–H and O–H groups in total. The van der Waals surface area contributed by atoms with Gasteiger partial charge in [0.05, 0.1) is 12.7 Å². The van der Waals surface area contributed by atoms with E-state index in [1.54, 1.807) is 26.4 Å². The molecule has 1 saturated carbocycles. The topological polar surface area (TPSA) is 65.1 Å². The van der Waals surface area contributed by atoms with Gasteiger partial charge in [-0.3, -0.25) is 4.79 Å². The Bertz CT molecular complexity index is 626. The minimum Gasteiger partial charge on any atom is -0.465 e. The summed E-state index contributed by atoms with van der Waals surface area (Å²) in [4.78, 5) is 25.1. The second kappa shape index (κ2) is 6.53. The second-order valence-electron chi connectivity index (χ2n) is 6.75. The Hall–Kier alpha value is -1.92. The van der Waals surface area contributed by atoms with Crippen LogP contribution in [-0.2, 0) is 14.2 Å². The maximum atomic E-state index is 11.7. The molecule has 0 aromatic heterocycles. The normalized spacial score (nSPS) is 19.1. The van der Waals surface area contributed by atoms with Crippen LogP contribution in [0.25, 0.3) is 0 Å². The number of aldehydes is 1. The summed E-state index contributed by atoms with van der Waals surface area (Å²) in [5, 5.41) is 0. The van der Waals surface area contributed by atoms with Gasteiger partial charge in [-0.2, -0.15) is 0 Å². The van der Waals surface area contributed by atoms with Crippen LogP contribution in [0.4, 0.5) is 5.69 Å². The van der Waals surface area contributed by atoms with Crippen LogP contribution in [0.15, 0.2) is 18.2 Å². The molecule has 0 bridgehead atoms. The van der Waals surface area contributed by atoms with Crippen molar-refractivity contribution < 1.29 is 23.8 Å². The zero-order valence-electron chi connectivity index (χ0n) is 14.3. The van der Waals surface area contributed by atoms with Crippen molar-refractivity contribution in [1.29, 1.82) is 0 Å². The average molecular weight is 333 g/mol. The molecule has 1 aromatic carbocycles. The van der Waals surface area contributed by atoms with Crippen LogP contribution in [0.1, 0.15) is 33.6 Å². The van der Waals surface area contributed by atoms with Gasteiger partial charge in [-0.25, -0.2) is 4.79 Å². The van der Waals surface area contributed by atoms with Gasteiger partial charge in [-0.15, -0.1) is 0 Å². The molecule has 0 atom stereocenters. The van der Waals surface area contributed by atoms with E-state index in [4.69, 9.17) is 14.2 Å². The van der Waals surface area contributed by atoms with Gasteiger partial charge in [-0.05, 0) is 31.0 Å². The number of nitrogens with zero attached hydrogens (tertiary/aromatic N) is 1. The number of hydrogen-bond donors (Lipinski definition) is 0. The molecule has 1 aromatic rings. The molecule has 6 nitrogen and oxygen atoms in total. The zero-order valence-corrected chi connectivity index (χ0v) is 14.3. The van der Waals surface area contributed by atoms with Crippen molar-refractivity contribution in [3.05, 3.63) is 29.3 Å². The van der Waals surface area contributed by atoms with E-state index in [0.717, 1.165) is 31.6 Å². The summed E-state index contributed by atoms with van der Waals surface area (Å²) in [5.41, 5.74) is 1.97. The number of hydrogen-bond acceptors (Lipinski definition) is 6. The van der Waals surface area contributed by atoms with Crippen LogP contribution in [0.5, 0.6) is 0 Å². The molecule has 0 unspecified atom stereocenters. The minimum absolute atomic E-state index is 0.120. The lowest BCUT2D eigenvalue weighted by molar-refractivity contribution is -0.184. The van der Waals surface area contributed by atoms with Gasteiger partial charge in [0.15, 0.2) is 12.6 Å². The van der Waals surface area contributed by atoms with E-state index in [-0.39, 0.29) is 6.29 Å². The molecule has 0 radical (unpaired) electrons. The van der Waals surface area contributed by atoms with Crippen LogP contribution in [0.3, 0.4) is 0 Å². The Balaban J connectivity index is 1.63. The Labute approximate surface area is 141 Å². The molecule has 3 rings (SSSR count). The first kappa shape index (κ1) is 16.9. The molecule has 2 aliphatic rings. The maximum Gasteiger partial charge on any atom is 0.338 e. The molecule has 1 heterocycles. The SMILES string of the molecule is COC(=O)c1ccc(N2CC3(CC(C(OC)OC)C3)C2)cc1C=O. The average Bonchev–Trinajstić information content (AvgIpc) is 2.54. The summed E-state index contributed by atoms with van der Waals surface area (Å²) in [7, 11) is 4.66. The minimum atomic E-state index is -0.490.